The average Bonchev–Trinajstić information content (AvgIpc) is 2.50. The van der Waals surface area contributed by atoms with Crippen LogP contribution in [0.5, 0.6) is 0 Å². The normalized spacial score (nSPS) is 22.9. The summed E-state index contributed by atoms with van der Waals surface area (Å²) in [5.41, 5.74) is 2.84. The van der Waals surface area contributed by atoms with E-state index in [1.165, 1.54) is 14.7 Å². The van der Waals surface area contributed by atoms with Crippen LogP contribution in [0.4, 0.5) is 0 Å². The molecule has 0 aromatic carbocycles. The van der Waals surface area contributed by atoms with Crippen LogP contribution < -0.4 is 0 Å². The molecule has 0 N–H and O–H groups in total. The SMILES string of the molecule is C=C1CCC(C)=CC[C@@H]1C[C@H](/C=C(/C)I)OCOC. The van der Waals surface area contributed by atoms with E-state index in [0.717, 1.165) is 25.7 Å². The van der Waals surface area contributed by atoms with Crippen LogP contribution >= 0.6 is 22.6 Å². The Balaban J connectivity index is 2.65. The fraction of sp³-hybridized carbons (Fsp3) is 0.625. The number of hydrogen-bond acceptors (Lipinski definition) is 2. The van der Waals surface area contributed by atoms with Crippen molar-refractivity contribution >= 4 is 22.6 Å². The smallest absolute Gasteiger partial charge is 0.147 e. The zero-order valence-corrected chi connectivity index (χ0v) is 14.4. The van der Waals surface area contributed by atoms with Crippen LogP contribution in [-0.4, -0.2) is 20.0 Å². The lowest BCUT2D eigenvalue weighted by Crippen LogP contribution is -2.18. The average molecular weight is 376 g/mol. The van der Waals surface area contributed by atoms with Crippen LogP contribution in [0.15, 0.2) is 33.5 Å². The first-order valence-electron chi connectivity index (χ1n) is 6.80. The molecule has 108 valence electrons. The lowest BCUT2D eigenvalue weighted by Gasteiger charge is -2.22. The van der Waals surface area contributed by atoms with Gasteiger partial charge in [0.1, 0.15) is 6.79 Å². The highest BCUT2D eigenvalue weighted by molar-refractivity contribution is 14.1. The van der Waals surface area contributed by atoms with E-state index in [9.17, 15) is 0 Å². The molecule has 0 saturated heterocycles. The second kappa shape index (κ2) is 8.93. The van der Waals surface area contributed by atoms with Gasteiger partial charge in [-0.3, -0.25) is 0 Å². The second-order valence-electron chi connectivity index (χ2n) is 5.24. The van der Waals surface area contributed by atoms with Gasteiger partial charge in [-0.15, -0.1) is 0 Å². The topological polar surface area (TPSA) is 18.5 Å². The van der Waals surface area contributed by atoms with Crippen LogP contribution in [0.25, 0.3) is 0 Å². The van der Waals surface area contributed by atoms with Crippen molar-refractivity contribution in [1.82, 2.24) is 0 Å². The molecular formula is C16H25IO2. The monoisotopic (exact) mass is 376 g/mol. The second-order valence-corrected chi connectivity index (χ2v) is 6.94. The molecule has 3 heteroatoms. The highest BCUT2D eigenvalue weighted by Gasteiger charge is 2.19. The van der Waals surface area contributed by atoms with Crippen molar-refractivity contribution in [3.63, 3.8) is 0 Å². The van der Waals surface area contributed by atoms with Gasteiger partial charge in [0.05, 0.1) is 6.10 Å². The summed E-state index contributed by atoms with van der Waals surface area (Å²) >= 11 is 2.33. The summed E-state index contributed by atoms with van der Waals surface area (Å²) in [4.78, 5) is 0. The van der Waals surface area contributed by atoms with Gasteiger partial charge in [-0.2, -0.15) is 0 Å². The van der Waals surface area contributed by atoms with E-state index in [1.807, 2.05) is 0 Å². The minimum atomic E-state index is 0.116. The van der Waals surface area contributed by atoms with Gasteiger partial charge < -0.3 is 9.47 Å². The van der Waals surface area contributed by atoms with E-state index >= 15 is 0 Å². The van der Waals surface area contributed by atoms with E-state index in [0.29, 0.717) is 12.7 Å². The summed E-state index contributed by atoms with van der Waals surface area (Å²) in [6.45, 7) is 8.91. The maximum absolute atomic E-state index is 5.76. The lowest BCUT2D eigenvalue weighted by molar-refractivity contribution is -0.0604. The predicted molar refractivity (Wildman–Crippen MR) is 89.4 cm³/mol. The van der Waals surface area contributed by atoms with Crippen molar-refractivity contribution in [2.24, 2.45) is 5.92 Å². The Morgan fingerprint density at radius 1 is 1.58 bits per heavy atom. The largest absolute Gasteiger partial charge is 0.359 e. The molecule has 0 heterocycles. The zero-order chi connectivity index (χ0) is 14.3. The maximum atomic E-state index is 5.76. The highest BCUT2D eigenvalue weighted by Crippen LogP contribution is 2.30. The van der Waals surface area contributed by atoms with Crippen molar-refractivity contribution in [3.05, 3.63) is 33.5 Å². The summed E-state index contributed by atoms with van der Waals surface area (Å²) in [5, 5.41) is 0. The maximum Gasteiger partial charge on any atom is 0.147 e. The Kier molecular flexibility index (Phi) is 7.95. The van der Waals surface area contributed by atoms with Crippen LogP contribution in [0.3, 0.4) is 0 Å². The minimum absolute atomic E-state index is 0.116. The molecule has 1 aliphatic rings. The lowest BCUT2D eigenvalue weighted by atomic mass is 9.90. The van der Waals surface area contributed by atoms with Crippen LogP contribution in [-0.2, 0) is 9.47 Å². The number of ether oxygens (including phenoxy) is 2. The quantitative estimate of drug-likeness (QED) is 0.369. The van der Waals surface area contributed by atoms with Gasteiger partial charge in [0, 0.05) is 7.11 Å². The van der Waals surface area contributed by atoms with Gasteiger partial charge in [-0.25, -0.2) is 0 Å². The first-order valence-corrected chi connectivity index (χ1v) is 7.88. The molecule has 0 radical (unpaired) electrons. The number of hydrogen-bond donors (Lipinski definition) is 0. The van der Waals surface area contributed by atoms with Crippen molar-refractivity contribution in [2.45, 2.75) is 45.6 Å². The first kappa shape index (κ1) is 16.9. The molecule has 1 aliphatic carbocycles. The Labute approximate surface area is 131 Å². The van der Waals surface area contributed by atoms with E-state index in [4.69, 9.17) is 9.47 Å². The molecule has 0 unspecified atom stereocenters. The minimum Gasteiger partial charge on any atom is -0.359 e. The highest BCUT2D eigenvalue weighted by atomic mass is 127. The van der Waals surface area contributed by atoms with Gasteiger partial charge in [0.2, 0.25) is 0 Å². The molecule has 0 saturated carbocycles. The fourth-order valence-electron chi connectivity index (χ4n) is 2.31. The summed E-state index contributed by atoms with van der Waals surface area (Å²) < 4.78 is 12.0. The van der Waals surface area contributed by atoms with E-state index in [-0.39, 0.29) is 6.10 Å². The number of allylic oxidation sites excluding steroid dienone is 4. The molecule has 0 bridgehead atoms. The fourth-order valence-corrected chi connectivity index (χ4v) is 2.71. The van der Waals surface area contributed by atoms with Crippen molar-refractivity contribution in [2.75, 3.05) is 13.9 Å². The molecule has 0 aromatic heterocycles. The van der Waals surface area contributed by atoms with E-state index in [1.54, 1.807) is 7.11 Å². The molecular weight excluding hydrogens is 351 g/mol. The number of methoxy groups -OCH3 is 1. The van der Waals surface area contributed by atoms with E-state index in [2.05, 4.69) is 55.2 Å². The van der Waals surface area contributed by atoms with Crippen LogP contribution in [0.2, 0.25) is 0 Å². The standard InChI is InChI=1S/C16H25IO2/c1-12-5-7-13(2)15(8-6-12)10-16(9-14(3)17)19-11-18-4/h6,9,15-16H,2,5,7-8,10-11H2,1,3-4H3/b14-9-/t15-,16+/m1/s1. The van der Waals surface area contributed by atoms with Gasteiger partial charge in [-0.1, -0.05) is 23.8 Å². The van der Waals surface area contributed by atoms with Gasteiger partial charge in [0.25, 0.3) is 0 Å². The Morgan fingerprint density at radius 3 is 2.95 bits per heavy atom. The van der Waals surface area contributed by atoms with Gasteiger partial charge >= 0.3 is 0 Å². The van der Waals surface area contributed by atoms with E-state index < -0.39 is 0 Å². The molecule has 2 atom stereocenters. The Hall–Kier alpha value is -0.130. The van der Waals surface area contributed by atoms with Crippen molar-refractivity contribution in [1.29, 1.82) is 0 Å². The number of halogens is 1. The van der Waals surface area contributed by atoms with Crippen molar-refractivity contribution < 1.29 is 9.47 Å². The van der Waals surface area contributed by atoms with Crippen molar-refractivity contribution in [3.8, 4) is 0 Å². The van der Waals surface area contributed by atoms with Gasteiger partial charge in [0.15, 0.2) is 0 Å². The molecule has 0 amide bonds. The van der Waals surface area contributed by atoms with Crippen LogP contribution in [0, 0.1) is 5.92 Å². The number of rotatable bonds is 6. The Bertz CT molecular complexity index is 354. The summed E-state index contributed by atoms with van der Waals surface area (Å²) in [7, 11) is 1.66. The molecule has 0 spiro atoms. The predicted octanol–water partition coefficient (Wildman–Crippen LogP) is 5.01. The molecule has 0 aliphatic heterocycles. The third kappa shape index (κ3) is 6.72. The molecule has 19 heavy (non-hydrogen) atoms. The first-order chi connectivity index (χ1) is 9.02. The van der Waals surface area contributed by atoms with Crippen LogP contribution in [0.1, 0.15) is 39.5 Å². The summed E-state index contributed by atoms with van der Waals surface area (Å²) in [6.07, 6.45) is 8.99. The summed E-state index contributed by atoms with van der Waals surface area (Å²) in [6, 6.07) is 0. The zero-order valence-electron chi connectivity index (χ0n) is 12.2. The Morgan fingerprint density at radius 2 is 2.32 bits per heavy atom. The molecule has 0 fully saturated rings. The third-order valence-electron chi connectivity index (χ3n) is 3.50. The summed E-state index contributed by atoms with van der Waals surface area (Å²) in [5.74, 6) is 0.520. The van der Waals surface area contributed by atoms with Gasteiger partial charge in [-0.05, 0) is 77.7 Å². The molecule has 0 aromatic rings. The molecule has 1 rings (SSSR count). The third-order valence-corrected chi connectivity index (χ3v) is 3.86. The molecule has 2 nitrogen and oxygen atoms in total.